The Bertz CT molecular complexity index is 1000. The van der Waals surface area contributed by atoms with Gasteiger partial charge in [-0.1, -0.05) is 11.6 Å². The van der Waals surface area contributed by atoms with Crippen molar-refractivity contribution in [2.45, 2.75) is 12.7 Å². The minimum Gasteiger partial charge on any atom is -0.408 e. The largest absolute Gasteiger partial charge is 0.417 e. The van der Waals surface area contributed by atoms with Crippen LogP contribution in [0.3, 0.4) is 0 Å². The normalized spacial score (nSPS) is 12.0. The average Bonchev–Trinajstić information content (AvgIpc) is 2.84. The summed E-state index contributed by atoms with van der Waals surface area (Å²) in [4.78, 5) is 25.5. The van der Waals surface area contributed by atoms with Crippen molar-refractivity contribution in [2.24, 2.45) is 0 Å². The minimum absolute atomic E-state index is 0.0550. The third kappa shape index (κ3) is 2.89. The lowest BCUT2D eigenvalue weighted by molar-refractivity contribution is -0.137. The number of alkyl halides is 3. The molecule has 0 amide bonds. The van der Waals surface area contributed by atoms with E-state index in [4.69, 9.17) is 16.0 Å². The van der Waals surface area contributed by atoms with Crippen LogP contribution in [0.25, 0.3) is 11.1 Å². The van der Waals surface area contributed by atoms with Crippen LogP contribution in [0.1, 0.15) is 11.1 Å². The molecule has 3 rings (SSSR count). The van der Waals surface area contributed by atoms with Crippen molar-refractivity contribution in [1.29, 1.82) is 0 Å². The molecule has 2 aromatic heterocycles. The van der Waals surface area contributed by atoms with Crippen LogP contribution in [0.2, 0.25) is 5.02 Å². The van der Waals surface area contributed by atoms with Crippen molar-refractivity contribution in [3.05, 3.63) is 67.5 Å². The van der Waals surface area contributed by atoms with Crippen LogP contribution in [-0.2, 0) is 12.7 Å². The molecular weight excluding hydrogens is 337 g/mol. The van der Waals surface area contributed by atoms with Gasteiger partial charge in [0.05, 0.1) is 12.1 Å². The van der Waals surface area contributed by atoms with E-state index in [-0.39, 0.29) is 28.2 Å². The lowest BCUT2D eigenvalue weighted by Gasteiger charge is -2.11. The number of nitrogens with zero attached hydrogens (tertiary/aromatic N) is 1. The fourth-order valence-corrected chi connectivity index (χ4v) is 2.34. The number of hydrogen-bond donors (Lipinski definition) is 1. The SMILES string of the molecule is O=c1[nH]c2c(=O)n(Cc3cc(C(F)(F)F)ccc3Cl)ccc2o1. The summed E-state index contributed by atoms with van der Waals surface area (Å²) < 4.78 is 44.2. The van der Waals surface area contributed by atoms with Gasteiger partial charge in [0, 0.05) is 11.2 Å². The molecule has 0 radical (unpaired) electrons. The molecule has 0 fully saturated rings. The fraction of sp³-hybridized carbons (Fsp3) is 0.143. The van der Waals surface area contributed by atoms with E-state index in [1.807, 2.05) is 0 Å². The number of nitrogens with one attached hydrogen (secondary N) is 1. The van der Waals surface area contributed by atoms with Crippen LogP contribution in [0.15, 0.2) is 44.5 Å². The van der Waals surface area contributed by atoms with E-state index in [1.54, 1.807) is 0 Å². The van der Waals surface area contributed by atoms with Crippen LogP contribution in [0.5, 0.6) is 0 Å². The quantitative estimate of drug-likeness (QED) is 0.777. The zero-order valence-electron chi connectivity index (χ0n) is 11.3. The first-order valence-corrected chi connectivity index (χ1v) is 6.71. The van der Waals surface area contributed by atoms with Gasteiger partial charge in [0.25, 0.3) is 5.56 Å². The number of rotatable bonds is 2. The molecule has 0 saturated carbocycles. The highest BCUT2D eigenvalue weighted by molar-refractivity contribution is 6.31. The van der Waals surface area contributed by atoms with Crippen molar-refractivity contribution >= 4 is 22.7 Å². The summed E-state index contributed by atoms with van der Waals surface area (Å²) >= 11 is 5.91. The Balaban J connectivity index is 2.07. The Kier molecular flexibility index (Phi) is 3.56. The second-order valence-electron chi connectivity index (χ2n) is 4.81. The van der Waals surface area contributed by atoms with Gasteiger partial charge in [-0.25, -0.2) is 4.79 Å². The maximum absolute atomic E-state index is 12.8. The Hall–Kier alpha value is -2.48. The predicted octanol–water partition coefficient (Wildman–Crippen LogP) is 3.00. The summed E-state index contributed by atoms with van der Waals surface area (Å²) in [5, 5.41) is 0.102. The number of oxazole rings is 1. The van der Waals surface area contributed by atoms with E-state index >= 15 is 0 Å². The van der Waals surface area contributed by atoms with E-state index in [9.17, 15) is 22.8 Å². The number of aromatic amines is 1. The summed E-state index contributed by atoms with van der Waals surface area (Å²) in [6.07, 6.45) is -3.19. The van der Waals surface area contributed by atoms with E-state index in [2.05, 4.69) is 4.98 Å². The summed E-state index contributed by atoms with van der Waals surface area (Å²) in [5.41, 5.74) is -1.30. The van der Waals surface area contributed by atoms with Gasteiger partial charge >= 0.3 is 11.9 Å². The molecule has 0 spiro atoms. The lowest BCUT2D eigenvalue weighted by Crippen LogP contribution is -2.21. The first kappa shape index (κ1) is 15.4. The van der Waals surface area contributed by atoms with Crippen LogP contribution >= 0.6 is 11.6 Å². The molecule has 2 heterocycles. The molecule has 23 heavy (non-hydrogen) atoms. The monoisotopic (exact) mass is 344 g/mol. The number of benzene rings is 1. The highest BCUT2D eigenvalue weighted by Gasteiger charge is 2.30. The maximum atomic E-state index is 12.8. The topological polar surface area (TPSA) is 68.0 Å². The van der Waals surface area contributed by atoms with Crippen molar-refractivity contribution in [3.63, 3.8) is 0 Å². The molecule has 120 valence electrons. The Morgan fingerprint density at radius 2 is 1.96 bits per heavy atom. The number of hydrogen-bond acceptors (Lipinski definition) is 3. The third-order valence-corrected chi connectivity index (χ3v) is 3.64. The van der Waals surface area contributed by atoms with E-state index in [0.717, 1.165) is 22.8 Å². The highest BCUT2D eigenvalue weighted by Crippen LogP contribution is 2.31. The molecule has 1 aromatic carbocycles. The Morgan fingerprint density at radius 1 is 1.22 bits per heavy atom. The van der Waals surface area contributed by atoms with E-state index in [1.165, 1.54) is 12.3 Å². The molecule has 0 saturated heterocycles. The number of fused-ring (bicyclic) bond motifs is 1. The predicted molar refractivity (Wildman–Crippen MR) is 76.7 cm³/mol. The zero-order chi connectivity index (χ0) is 16.8. The number of aromatic nitrogens is 2. The average molecular weight is 345 g/mol. The summed E-state index contributed by atoms with van der Waals surface area (Å²) in [7, 11) is 0. The molecule has 0 bridgehead atoms. The van der Waals surface area contributed by atoms with Crippen molar-refractivity contribution in [3.8, 4) is 0 Å². The number of pyridine rings is 1. The van der Waals surface area contributed by atoms with Gasteiger partial charge in [-0.05, 0) is 29.8 Å². The van der Waals surface area contributed by atoms with Gasteiger partial charge in [0.2, 0.25) is 0 Å². The second-order valence-corrected chi connectivity index (χ2v) is 5.21. The molecule has 0 aliphatic rings. The molecule has 5 nitrogen and oxygen atoms in total. The van der Waals surface area contributed by atoms with Gasteiger partial charge in [-0.15, -0.1) is 0 Å². The van der Waals surface area contributed by atoms with Gasteiger partial charge < -0.3 is 8.98 Å². The zero-order valence-corrected chi connectivity index (χ0v) is 12.0. The van der Waals surface area contributed by atoms with Crippen molar-refractivity contribution in [2.75, 3.05) is 0 Å². The van der Waals surface area contributed by atoms with Crippen LogP contribution in [-0.4, -0.2) is 9.55 Å². The highest BCUT2D eigenvalue weighted by atomic mass is 35.5. The van der Waals surface area contributed by atoms with Gasteiger partial charge in [0.15, 0.2) is 11.1 Å². The molecule has 0 atom stereocenters. The van der Waals surface area contributed by atoms with Gasteiger partial charge in [-0.2, -0.15) is 13.2 Å². The van der Waals surface area contributed by atoms with E-state index in [0.29, 0.717) is 0 Å². The Morgan fingerprint density at radius 3 is 2.65 bits per heavy atom. The van der Waals surface area contributed by atoms with Crippen LogP contribution in [0.4, 0.5) is 13.2 Å². The molecule has 0 aliphatic carbocycles. The summed E-state index contributed by atoms with van der Waals surface area (Å²) in [5.74, 6) is -0.785. The second kappa shape index (κ2) is 5.31. The van der Waals surface area contributed by atoms with Crippen molar-refractivity contribution < 1.29 is 17.6 Å². The number of halogens is 4. The van der Waals surface area contributed by atoms with Crippen LogP contribution < -0.4 is 11.3 Å². The maximum Gasteiger partial charge on any atom is 0.417 e. The molecular formula is C14H8ClF3N2O3. The minimum atomic E-state index is -4.51. The van der Waals surface area contributed by atoms with Gasteiger partial charge in [0.1, 0.15) is 0 Å². The molecule has 0 aliphatic heterocycles. The van der Waals surface area contributed by atoms with Crippen molar-refractivity contribution in [1.82, 2.24) is 9.55 Å². The molecule has 3 aromatic rings. The van der Waals surface area contributed by atoms with Crippen LogP contribution in [0, 0.1) is 0 Å². The summed E-state index contributed by atoms with van der Waals surface area (Å²) in [6.45, 7) is -0.176. The molecule has 0 unspecified atom stereocenters. The first-order valence-electron chi connectivity index (χ1n) is 6.33. The third-order valence-electron chi connectivity index (χ3n) is 3.27. The lowest BCUT2D eigenvalue weighted by atomic mass is 10.1. The smallest absolute Gasteiger partial charge is 0.408 e. The first-order chi connectivity index (χ1) is 10.8. The fourth-order valence-electron chi connectivity index (χ4n) is 2.17. The standard InChI is InChI=1S/C14H8ClF3N2O3/c15-9-2-1-8(14(16,17)18)5-7(9)6-20-4-3-10-11(12(20)21)19-13(22)23-10/h1-5H,6H2,(H,19,22). The summed E-state index contributed by atoms with van der Waals surface area (Å²) in [6, 6.07) is 4.25. The van der Waals surface area contributed by atoms with E-state index < -0.39 is 23.1 Å². The number of H-pyrrole nitrogens is 1. The van der Waals surface area contributed by atoms with Gasteiger partial charge in [-0.3, -0.25) is 9.78 Å². The Labute approximate surface area is 130 Å². The molecule has 1 N–H and O–H groups in total. The molecule has 9 heteroatoms.